The summed E-state index contributed by atoms with van der Waals surface area (Å²) in [6, 6.07) is 5.77. The summed E-state index contributed by atoms with van der Waals surface area (Å²) in [4.78, 5) is 15.0. The minimum Gasteiger partial charge on any atom is -0.279 e. The van der Waals surface area contributed by atoms with Crippen molar-refractivity contribution in [2.45, 2.75) is 25.2 Å². The van der Waals surface area contributed by atoms with Crippen LogP contribution in [0, 0.1) is 17.0 Å². The van der Waals surface area contributed by atoms with E-state index in [-0.39, 0.29) is 16.3 Å². The summed E-state index contributed by atoms with van der Waals surface area (Å²) in [5.74, 6) is 0. The number of fused-ring (bicyclic) bond motifs is 1. The molecule has 3 aromatic rings. The standard InChI is InChI=1S/C16H17N5O4S/c1-4-11-7-15(13-8-12(21(22)23)5-6-14(13)18-11)19-26(24,25)16-9-17-20(3)10(16)2/h5-9H,4H2,1-3H3,(H,18,19). The number of benzene rings is 1. The molecule has 136 valence electrons. The molecule has 9 nitrogen and oxygen atoms in total. The maximum absolute atomic E-state index is 12.8. The lowest BCUT2D eigenvalue weighted by atomic mass is 10.1. The lowest BCUT2D eigenvalue weighted by Gasteiger charge is -2.12. The summed E-state index contributed by atoms with van der Waals surface area (Å²) in [5, 5.41) is 15.4. The monoisotopic (exact) mass is 375 g/mol. The molecule has 0 aliphatic rings. The normalized spacial score (nSPS) is 11.7. The maximum atomic E-state index is 12.8. The van der Waals surface area contributed by atoms with Gasteiger partial charge in [-0.2, -0.15) is 5.10 Å². The van der Waals surface area contributed by atoms with E-state index in [1.54, 1.807) is 20.0 Å². The van der Waals surface area contributed by atoms with Crippen LogP contribution in [0.1, 0.15) is 18.3 Å². The molecule has 0 saturated carbocycles. The van der Waals surface area contributed by atoms with Gasteiger partial charge in [0.1, 0.15) is 4.90 Å². The highest BCUT2D eigenvalue weighted by molar-refractivity contribution is 7.92. The fourth-order valence-electron chi connectivity index (χ4n) is 2.59. The number of pyridine rings is 1. The summed E-state index contributed by atoms with van der Waals surface area (Å²) in [5.41, 5.74) is 1.75. The van der Waals surface area contributed by atoms with E-state index in [2.05, 4.69) is 14.8 Å². The zero-order valence-corrected chi connectivity index (χ0v) is 15.2. The Morgan fingerprint density at radius 3 is 2.62 bits per heavy atom. The number of aromatic nitrogens is 3. The molecule has 0 fully saturated rings. The number of hydrogen-bond donors (Lipinski definition) is 1. The summed E-state index contributed by atoms with van der Waals surface area (Å²) in [6.45, 7) is 3.54. The Morgan fingerprint density at radius 2 is 2.04 bits per heavy atom. The number of hydrogen-bond acceptors (Lipinski definition) is 6. The number of sulfonamides is 1. The maximum Gasteiger partial charge on any atom is 0.270 e. The average Bonchev–Trinajstić information content (AvgIpc) is 2.93. The van der Waals surface area contributed by atoms with Gasteiger partial charge in [-0.15, -0.1) is 0 Å². The van der Waals surface area contributed by atoms with Gasteiger partial charge in [0.05, 0.1) is 28.0 Å². The van der Waals surface area contributed by atoms with E-state index in [0.717, 1.165) is 0 Å². The Morgan fingerprint density at radius 1 is 1.31 bits per heavy atom. The third-order valence-corrected chi connectivity index (χ3v) is 5.61. The fourth-order valence-corrected chi connectivity index (χ4v) is 3.87. The Labute approximate surface area is 149 Å². The fraction of sp³-hybridized carbons (Fsp3) is 0.250. The van der Waals surface area contributed by atoms with Crippen molar-refractivity contribution in [3.63, 3.8) is 0 Å². The van der Waals surface area contributed by atoms with Crippen molar-refractivity contribution in [1.29, 1.82) is 0 Å². The Balaban J connectivity index is 2.17. The number of non-ortho nitro benzene ring substituents is 1. The van der Waals surface area contributed by atoms with Gasteiger partial charge < -0.3 is 0 Å². The first kappa shape index (κ1) is 17.8. The van der Waals surface area contributed by atoms with Crippen LogP contribution in [0.4, 0.5) is 11.4 Å². The van der Waals surface area contributed by atoms with Crippen molar-refractivity contribution in [1.82, 2.24) is 14.8 Å². The molecule has 0 spiro atoms. The van der Waals surface area contributed by atoms with Gasteiger partial charge in [-0.1, -0.05) is 6.92 Å². The van der Waals surface area contributed by atoms with Crippen molar-refractivity contribution in [2.24, 2.45) is 7.05 Å². The molecule has 0 aliphatic carbocycles. The predicted octanol–water partition coefficient (Wildman–Crippen LogP) is 2.55. The zero-order chi connectivity index (χ0) is 19.1. The second-order valence-electron chi connectivity index (χ2n) is 5.80. The molecule has 1 N–H and O–H groups in total. The summed E-state index contributed by atoms with van der Waals surface area (Å²) in [6.07, 6.45) is 1.86. The molecular formula is C16H17N5O4S. The first-order valence-electron chi connectivity index (χ1n) is 7.82. The molecule has 0 saturated heterocycles. The molecule has 0 atom stereocenters. The topological polar surface area (TPSA) is 120 Å². The molecule has 2 aromatic heterocycles. The van der Waals surface area contributed by atoms with Crippen molar-refractivity contribution >= 4 is 32.3 Å². The number of nitrogens with one attached hydrogen (secondary N) is 1. The quantitative estimate of drug-likeness (QED) is 0.540. The molecule has 10 heteroatoms. The number of nitro groups is 1. The van der Waals surface area contributed by atoms with Crippen molar-refractivity contribution in [2.75, 3.05) is 4.72 Å². The minimum atomic E-state index is -3.90. The third-order valence-electron chi connectivity index (χ3n) is 4.14. The largest absolute Gasteiger partial charge is 0.279 e. The number of nitrogens with zero attached hydrogens (tertiary/aromatic N) is 4. The number of nitro benzene ring substituents is 1. The van der Waals surface area contributed by atoms with E-state index in [0.29, 0.717) is 28.7 Å². The van der Waals surface area contributed by atoms with Gasteiger partial charge in [0.25, 0.3) is 15.7 Å². The van der Waals surface area contributed by atoms with Crippen LogP contribution in [-0.4, -0.2) is 28.1 Å². The van der Waals surface area contributed by atoms with Gasteiger partial charge in [0.2, 0.25) is 0 Å². The third kappa shape index (κ3) is 3.10. The summed E-state index contributed by atoms with van der Waals surface area (Å²) >= 11 is 0. The van der Waals surface area contributed by atoms with Crippen molar-refractivity contribution < 1.29 is 13.3 Å². The van der Waals surface area contributed by atoms with Crippen LogP contribution in [0.5, 0.6) is 0 Å². The molecule has 26 heavy (non-hydrogen) atoms. The van der Waals surface area contributed by atoms with Crippen LogP contribution >= 0.6 is 0 Å². The van der Waals surface area contributed by atoms with Crippen LogP contribution in [0.2, 0.25) is 0 Å². The van der Waals surface area contributed by atoms with Gasteiger partial charge in [-0.3, -0.25) is 24.5 Å². The second kappa shape index (κ2) is 6.37. The van der Waals surface area contributed by atoms with E-state index >= 15 is 0 Å². The molecule has 0 radical (unpaired) electrons. The molecule has 0 unspecified atom stereocenters. The highest BCUT2D eigenvalue weighted by Gasteiger charge is 2.22. The minimum absolute atomic E-state index is 0.0495. The molecule has 0 amide bonds. The number of rotatable bonds is 5. The zero-order valence-electron chi connectivity index (χ0n) is 14.4. The second-order valence-corrected chi connectivity index (χ2v) is 7.45. The molecule has 1 aromatic carbocycles. The van der Waals surface area contributed by atoms with Gasteiger partial charge in [-0.05, 0) is 25.5 Å². The molecule has 0 aliphatic heterocycles. The highest BCUT2D eigenvalue weighted by atomic mass is 32.2. The van der Waals surface area contributed by atoms with E-state index in [1.165, 1.54) is 29.1 Å². The van der Waals surface area contributed by atoms with Crippen LogP contribution in [-0.2, 0) is 23.5 Å². The van der Waals surface area contributed by atoms with Crippen LogP contribution < -0.4 is 4.72 Å². The lowest BCUT2D eigenvalue weighted by Crippen LogP contribution is -2.14. The predicted molar refractivity (Wildman–Crippen MR) is 96.5 cm³/mol. The summed E-state index contributed by atoms with van der Waals surface area (Å²) in [7, 11) is -2.26. The van der Waals surface area contributed by atoms with Gasteiger partial charge in [0, 0.05) is 30.3 Å². The molecular weight excluding hydrogens is 358 g/mol. The molecule has 0 bridgehead atoms. The van der Waals surface area contributed by atoms with Crippen LogP contribution in [0.25, 0.3) is 10.9 Å². The van der Waals surface area contributed by atoms with E-state index in [1.807, 2.05) is 6.92 Å². The Bertz CT molecular complexity index is 1120. The van der Waals surface area contributed by atoms with Crippen LogP contribution in [0.3, 0.4) is 0 Å². The van der Waals surface area contributed by atoms with Crippen LogP contribution in [0.15, 0.2) is 35.4 Å². The Kier molecular flexibility index (Phi) is 4.36. The number of aryl methyl sites for hydroxylation is 2. The van der Waals surface area contributed by atoms with Crippen molar-refractivity contribution in [3.8, 4) is 0 Å². The number of anilines is 1. The van der Waals surface area contributed by atoms with E-state index in [4.69, 9.17) is 0 Å². The first-order valence-corrected chi connectivity index (χ1v) is 9.30. The first-order chi connectivity index (χ1) is 12.2. The average molecular weight is 375 g/mol. The van der Waals surface area contributed by atoms with Crippen molar-refractivity contribution in [3.05, 3.63) is 52.0 Å². The van der Waals surface area contributed by atoms with Gasteiger partial charge >= 0.3 is 0 Å². The lowest BCUT2D eigenvalue weighted by molar-refractivity contribution is -0.384. The highest BCUT2D eigenvalue weighted by Crippen LogP contribution is 2.29. The van der Waals surface area contributed by atoms with Gasteiger partial charge in [0.15, 0.2) is 0 Å². The van der Waals surface area contributed by atoms with Gasteiger partial charge in [-0.25, -0.2) is 8.42 Å². The SMILES string of the molecule is CCc1cc(NS(=O)(=O)c2cnn(C)c2C)c2cc([N+](=O)[O-])ccc2n1. The van der Waals surface area contributed by atoms with E-state index < -0.39 is 14.9 Å². The Hall–Kier alpha value is -3.01. The molecule has 2 heterocycles. The smallest absolute Gasteiger partial charge is 0.270 e. The van der Waals surface area contributed by atoms with E-state index in [9.17, 15) is 18.5 Å². The summed E-state index contributed by atoms with van der Waals surface area (Å²) < 4.78 is 29.5. The molecule has 3 rings (SSSR count).